The summed E-state index contributed by atoms with van der Waals surface area (Å²) in [6.45, 7) is 5.84. The molecule has 1 aliphatic heterocycles. The Kier molecular flexibility index (Phi) is 3.40. The summed E-state index contributed by atoms with van der Waals surface area (Å²) >= 11 is 0. The van der Waals surface area contributed by atoms with Crippen LogP contribution in [0.5, 0.6) is 0 Å². The van der Waals surface area contributed by atoms with Gasteiger partial charge < -0.3 is 4.74 Å². The smallest absolute Gasteiger partial charge is 0.0712 e. The minimum Gasteiger partial charge on any atom is -0.380 e. The van der Waals surface area contributed by atoms with Gasteiger partial charge in [0.15, 0.2) is 0 Å². The minimum absolute atomic E-state index is 0.355. The SMILES string of the molecule is CCCN1CC2=C(C1)[C@H]1C(=CC2)C=CC[C@@H]1OC. The van der Waals surface area contributed by atoms with E-state index in [4.69, 9.17) is 4.74 Å². The van der Waals surface area contributed by atoms with Gasteiger partial charge in [0.05, 0.1) is 6.10 Å². The first-order valence-corrected chi connectivity index (χ1v) is 7.16. The van der Waals surface area contributed by atoms with Crippen molar-refractivity contribution in [3.05, 3.63) is 34.9 Å². The zero-order valence-electron chi connectivity index (χ0n) is 11.5. The van der Waals surface area contributed by atoms with Crippen LogP contribution >= 0.6 is 0 Å². The number of fused-ring (bicyclic) bond motifs is 2. The maximum absolute atomic E-state index is 5.72. The molecule has 0 bridgehead atoms. The van der Waals surface area contributed by atoms with Gasteiger partial charge >= 0.3 is 0 Å². The summed E-state index contributed by atoms with van der Waals surface area (Å²) in [5.41, 5.74) is 4.82. The van der Waals surface area contributed by atoms with Crippen molar-refractivity contribution in [1.29, 1.82) is 0 Å². The summed E-state index contributed by atoms with van der Waals surface area (Å²) in [7, 11) is 1.86. The van der Waals surface area contributed by atoms with Gasteiger partial charge in [-0.3, -0.25) is 4.90 Å². The van der Waals surface area contributed by atoms with Crippen LogP contribution in [-0.4, -0.2) is 37.7 Å². The molecule has 0 amide bonds. The highest BCUT2D eigenvalue weighted by molar-refractivity contribution is 5.44. The minimum atomic E-state index is 0.355. The van der Waals surface area contributed by atoms with Crippen LogP contribution in [0.4, 0.5) is 0 Å². The number of hydrogen-bond donors (Lipinski definition) is 0. The van der Waals surface area contributed by atoms with Gasteiger partial charge in [0.1, 0.15) is 0 Å². The van der Waals surface area contributed by atoms with Crippen molar-refractivity contribution in [3.63, 3.8) is 0 Å². The summed E-state index contributed by atoms with van der Waals surface area (Å²) in [5, 5.41) is 0. The third kappa shape index (κ3) is 1.98. The van der Waals surface area contributed by atoms with Crippen LogP contribution in [0.2, 0.25) is 0 Å². The molecule has 98 valence electrons. The molecule has 2 nitrogen and oxygen atoms in total. The van der Waals surface area contributed by atoms with Crippen LogP contribution < -0.4 is 0 Å². The van der Waals surface area contributed by atoms with Crippen LogP contribution in [0.25, 0.3) is 0 Å². The third-order valence-corrected chi connectivity index (χ3v) is 4.47. The molecule has 1 heterocycles. The van der Waals surface area contributed by atoms with Gasteiger partial charge in [-0.2, -0.15) is 0 Å². The second-order valence-corrected chi connectivity index (χ2v) is 5.64. The van der Waals surface area contributed by atoms with E-state index in [1.807, 2.05) is 7.11 Å². The lowest BCUT2D eigenvalue weighted by atomic mass is 9.76. The number of allylic oxidation sites excluding steroid dienone is 2. The highest BCUT2D eigenvalue weighted by Gasteiger charge is 2.36. The van der Waals surface area contributed by atoms with Crippen molar-refractivity contribution in [2.24, 2.45) is 5.92 Å². The van der Waals surface area contributed by atoms with E-state index in [9.17, 15) is 0 Å². The van der Waals surface area contributed by atoms with Crippen molar-refractivity contribution in [2.75, 3.05) is 26.7 Å². The van der Waals surface area contributed by atoms with Crippen molar-refractivity contribution >= 4 is 0 Å². The molecule has 2 atom stereocenters. The van der Waals surface area contributed by atoms with Crippen molar-refractivity contribution in [3.8, 4) is 0 Å². The lowest BCUT2D eigenvalue weighted by Crippen LogP contribution is -2.31. The number of hydrogen-bond acceptors (Lipinski definition) is 2. The first-order valence-electron chi connectivity index (χ1n) is 7.16. The molecule has 0 aromatic rings. The van der Waals surface area contributed by atoms with E-state index in [2.05, 4.69) is 30.1 Å². The van der Waals surface area contributed by atoms with E-state index in [0.29, 0.717) is 12.0 Å². The van der Waals surface area contributed by atoms with Crippen LogP contribution in [0.3, 0.4) is 0 Å². The molecule has 0 fully saturated rings. The molecule has 18 heavy (non-hydrogen) atoms. The zero-order valence-corrected chi connectivity index (χ0v) is 11.5. The van der Waals surface area contributed by atoms with Crippen LogP contribution in [0.15, 0.2) is 34.9 Å². The normalized spacial score (nSPS) is 31.3. The van der Waals surface area contributed by atoms with Crippen LogP contribution in [-0.2, 0) is 4.74 Å². The first kappa shape index (κ1) is 12.2. The highest BCUT2D eigenvalue weighted by Crippen LogP contribution is 2.41. The Hall–Kier alpha value is -0.860. The molecule has 0 unspecified atom stereocenters. The zero-order chi connectivity index (χ0) is 12.5. The quantitative estimate of drug-likeness (QED) is 0.709. The summed E-state index contributed by atoms with van der Waals surface area (Å²) in [5.74, 6) is 0.533. The fourth-order valence-electron chi connectivity index (χ4n) is 3.65. The van der Waals surface area contributed by atoms with E-state index in [1.54, 1.807) is 11.1 Å². The molecule has 0 spiro atoms. The summed E-state index contributed by atoms with van der Waals surface area (Å²) < 4.78 is 5.72. The standard InChI is InChI=1S/C16H23NO/c1-3-9-17-10-13-8-7-12-5-4-6-15(18-2)16(12)14(13)11-17/h4-5,7,15-16H,3,6,8-11H2,1-2H3/t15-,16+/m0/s1. The van der Waals surface area contributed by atoms with Crippen molar-refractivity contribution < 1.29 is 4.74 Å². The Balaban J connectivity index is 1.84. The van der Waals surface area contributed by atoms with E-state index < -0.39 is 0 Å². The van der Waals surface area contributed by atoms with Crippen molar-refractivity contribution in [1.82, 2.24) is 4.90 Å². The van der Waals surface area contributed by atoms with Gasteiger partial charge in [-0.15, -0.1) is 0 Å². The molecule has 0 saturated carbocycles. The van der Waals surface area contributed by atoms with Crippen molar-refractivity contribution in [2.45, 2.75) is 32.3 Å². The second-order valence-electron chi connectivity index (χ2n) is 5.64. The summed E-state index contributed by atoms with van der Waals surface area (Å²) in [4.78, 5) is 2.59. The van der Waals surface area contributed by atoms with E-state index in [1.165, 1.54) is 31.6 Å². The lowest BCUT2D eigenvalue weighted by molar-refractivity contribution is 0.0749. The van der Waals surface area contributed by atoms with E-state index >= 15 is 0 Å². The maximum Gasteiger partial charge on any atom is 0.0712 e. The Labute approximate surface area is 110 Å². The Morgan fingerprint density at radius 2 is 2.28 bits per heavy atom. The molecule has 0 aromatic carbocycles. The molecule has 2 aliphatic carbocycles. The van der Waals surface area contributed by atoms with Gasteiger partial charge in [-0.05, 0) is 37.0 Å². The number of ether oxygens (including phenoxy) is 1. The Morgan fingerprint density at radius 3 is 3.06 bits per heavy atom. The Bertz CT molecular complexity index is 419. The topological polar surface area (TPSA) is 12.5 Å². The van der Waals surface area contributed by atoms with Crippen LogP contribution in [0, 0.1) is 5.92 Å². The number of nitrogens with zero attached hydrogens (tertiary/aromatic N) is 1. The maximum atomic E-state index is 5.72. The molecule has 0 saturated heterocycles. The van der Waals surface area contributed by atoms with Gasteiger partial charge in [-0.25, -0.2) is 0 Å². The number of rotatable bonds is 3. The molecular formula is C16H23NO. The summed E-state index contributed by atoms with van der Waals surface area (Å²) in [6, 6.07) is 0. The number of methoxy groups -OCH3 is 1. The fraction of sp³-hybridized carbons (Fsp3) is 0.625. The van der Waals surface area contributed by atoms with Crippen LogP contribution in [0.1, 0.15) is 26.2 Å². The molecular weight excluding hydrogens is 222 g/mol. The molecule has 3 rings (SSSR count). The van der Waals surface area contributed by atoms with Gasteiger partial charge in [0.25, 0.3) is 0 Å². The molecule has 0 aromatic heterocycles. The lowest BCUT2D eigenvalue weighted by Gasteiger charge is -2.34. The molecule has 3 aliphatic rings. The van der Waals surface area contributed by atoms with Gasteiger partial charge in [0, 0.05) is 26.1 Å². The van der Waals surface area contributed by atoms with E-state index in [0.717, 1.165) is 12.8 Å². The Morgan fingerprint density at radius 1 is 1.39 bits per heavy atom. The highest BCUT2D eigenvalue weighted by atomic mass is 16.5. The fourth-order valence-corrected chi connectivity index (χ4v) is 3.65. The first-order chi connectivity index (χ1) is 8.83. The molecule has 0 N–H and O–H groups in total. The summed E-state index contributed by atoms with van der Waals surface area (Å²) in [6.07, 6.45) is 10.8. The van der Waals surface area contributed by atoms with Gasteiger partial charge in [-0.1, -0.05) is 30.7 Å². The predicted molar refractivity (Wildman–Crippen MR) is 74.5 cm³/mol. The second kappa shape index (κ2) is 5.02. The molecule has 2 heteroatoms. The predicted octanol–water partition coefficient (Wildman–Crippen LogP) is 2.93. The molecule has 0 radical (unpaired) electrons. The monoisotopic (exact) mass is 245 g/mol. The van der Waals surface area contributed by atoms with Gasteiger partial charge in [0.2, 0.25) is 0 Å². The largest absolute Gasteiger partial charge is 0.380 e. The average molecular weight is 245 g/mol. The third-order valence-electron chi connectivity index (χ3n) is 4.47. The average Bonchev–Trinajstić information content (AvgIpc) is 2.81. The van der Waals surface area contributed by atoms with E-state index in [-0.39, 0.29) is 0 Å².